The molecule has 3 heterocycles. The van der Waals surface area contributed by atoms with Gasteiger partial charge in [0.15, 0.2) is 28.1 Å². The van der Waals surface area contributed by atoms with Gasteiger partial charge in [-0.25, -0.2) is 4.98 Å². The molecule has 11 heteroatoms. The molecule has 2 aliphatic rings. The third-order valence-corrected chi connectivity index (χ3v) is 7.78. The maximum atomic E-state index is 13.6. The van der Waals surface area contributed by atoms with Crippen LogP contribution in [0.3, 0.4) is 0 Å². The molecule has 1 N–H and O–H groups in total. The van der Waals surface area contributed by atoms with E-state index in [1.165, 1.54) is 30.5 Å². The molecule has 1 amide bonds. The van der Waals surface area contributed by atoms with Crippen LogP contribution in [0.2, 0.25) is 5.02 Å². The highest BCUT2D eigenvalue weighted by Gasteiger charge is 2.48. The molecule has 1 aromatic heterocycles. The number of rotatable bonds is 5. The Kier molecular flexibility index (Phi) is 6.28. The summed E-state index contributed by atoms with van der Waals surface area (Å²) in [6.45, 7) is 0.769. The number of hydrogen-bond acceptors (Lipinski definition) is 9. The molecule has 0 saturated carbocycles. The number of carbonyl (C=O) groups is 2. The second-order valence-electron chi connectivity index (χ2n) is 8.75. The van der Waals surface area contributed by atoms with Crippen LogP contribution in [0.15, 0.2) is 60.2 Å². The number of hydrogen-bond donors (Lipinski definition) is 1. The van der Waals surface area contributed by atoms with Crippen molar-refractivity contribution in [1.82, 2.24) is 4.98 Å². The zero-order valence-electron chi connectivity index (χ0n) is 20.8. The first-order valence-electron chi connectivity index (χ1n) is 11.9. The molecule has 2 aliphatic heterocycles. The van der Waals surface area contributed by atoms with Gasteiger partial charge in [-0.15, -0.1) is 0 Å². The molecule has 0 unspecified atom stereocenters. The number of aromatic nitrogens is 1. The lowest BCUT2D eigenvalue weighted by Gasteiger charge is -2.24. The quantitative estimate of drug-likeness (QED) is 0.196. The molecule has 0 aliphatic carbocycles. The second-order valence-corrected chi connectivity index (χ2v) is 10.2. The molecule has 39 heavy (non-hydrogen) atoms. The van der Waals surface area contributed by atoms with Gasteiger partial charge in [0.1, 0.15) is 19.0 Å². The van der Waals surface area contributed by atoms with Gasteiger partial charge in [-0.3, -0.25) is 14.5 Å². The first-order chi connectivity index (χ1) is 18.9. The summed E-state index contributed by atoms with van der Waals surface area (Å²) in [6.07, 6.45) is 0. The van der Waals surface area contributed by atoms with Crippen LogP contribution >= 0.6 is 22.9 Å². The third kappa shape index (κ3) is 4.21. The fourth-order valence-corrected chi connectivity index (χ4v) is 5.97. The van der Waals surface area contributed by atoms with Gasteiger partial charge in [0.2, 0.25) is 0 Å². The molecular formula is C28H21ClN2O7S. The number of ketones is 1. The molecule has 1 atom stereocenters. The second kappa shape index (κ2) is 9.79. The molecule has 198 valence electrons. The van der Waals surface area contributed by atoms with Crippen molar-refractivity contribution in [2.24, 2.45) is 0 Å². The Bertz CT molecular complexity index is 1680. The van der Waals surface area contributed by atoms with Crippen molar-refractivity contribution in [2.45, 2.75) is 6.04 Å². The van der Waals surface area contributed by atoms with Crippen LogP contribution in [0.1, 0.15) is 17.2 Å². The van der Waals surface area contributed by atoms with E-state index in [0.29, 0.717) is 57.9 Å². The summed E-state index contributed by atoms with van der Waals surface area (Å²) in [4.78, 5) is 33.0. The summed E-state index contributed by atoms with van der Waals surface area (Å²) < 4.78 is 22.8. The van der Waals surface area contributed by atoms with Gasteiger partial charge in [-0.2, -0.15) is 0 Å². The number of nitrogens with zero attached hydrogens (tertiary/aromatic N) is 2. The summed E-state index contributed by atoms with van der Waals surface area (Å²) >= 11 is 7.39. The SMILES string of the molecule is COc1ccc([C@H]2C(=C(O)c3ccc4c(c3)OCCO4)C(=O)C(=O)N2c2nc3ccc(Cl)cc3s2)cc1OC. The summed E-state index contributed by atoms with van der Waals surface area (Å²) in [5.41, 5.74) is 1.35. The van der Waals surface area contributed by atoms with Crippen molar-refractivity contribution in [1.29, 1.82) is 0 Å². The lowest BCUT2D eigenvalue weighted by Crippen LogP contribution is -2.29. The van der Waals surface area contributed by atoms with E-state index in [-0.39, 0.29) is 16.5 Å². The number of Topliss-reactive ketones (excluding diaryl/α,β-unsaturated/α-hetero) is 1. The predicted molar refractivity (Wildman–Crippen MR) is 146 cm³/mol. The molecular weight excluding hydrogens is 544 g/mol. The van der Waals surface area contributed by atoms with Crippen LogP contribution in [-0.4, -0.2) is 49.2 Å². The smallest absolute Gasteiger partial charge is 0.301 e. The standard InChI is InChI=1S/C28H21ClN2O7S/c1-35-18-7-3-14(11-20(18)36-2)24-23(25(32)15-4-8-19-21(12-15)38-10-9-37-19)26(33)27(34)31(24)28-30-17-6-5-16(29)13-22(17)39-28/h3-8,11-13,24,32H,9-10H2,1-2H3/t24-/m0/s1. The Labute approximate surface area is 231 Å². The number of ether oxygens (including phenoxy) is 4. The van der Waals surface area contributed by atoms with Crippen molar-refractivity contribution < 1.29 is 33.6 Å². The molecule has 0 radical (unpaired) electrons. The summed E-state index contributed by atoms with van der Waals surface area (Å²) in [7, 11) is 3.00. The van der Waals surface area contributed by atoms with E-state index in [9.17, 15) is 14.7 Å². The average Bonchev–Trinajstić information content (AvgIpc) is 3.49. The molecule has 0 spiro atoms. The van der Waals surface area contributed by atoms with E-state index in [1.54, 1.807) is 54.6 Å². The fraction of sp³-hybridized carbons (Fsp3) is 0.179. The number of anilines is 1. The van der Waals surface area contributed by atoms with Gasteiger partial charge in [-0.1, -0.05) is 29.0 Å². The Balaban J connectivity index is 1.56. The van der Waals surface area contributed by atoms with Gasteiger partial charge >= 0.3 is 5.91 Å². The van der Waals surface area contributed by atoms with Crippen molar-refractivity contribution in [3.05, 3.63) is 76.3 Å². The van der Waals surface area contributed by atoms with Crippen LogP contribution < -0.4 is 23.8 Å². The van der Waals surface area contributed by atoms with Gasteiger partial charge in [0.25, 0.3) is 5.78 Å². The van der Waals surface area contributed by atoms with E-state index in [4.69, 9.17) is 30.5 Å². The number of fused-ring (bicyclic) bond motifs is 2. The molecule has 1 fully saturated rings. The number of thiazole rings is 1. The maximum absolute atomic E-state index is 13.6. The Morgan fingerprint density at radius 1 is 1.00 bits per heavy atom. The van der Waals surface area contributed by atoms with Crippen LogP contribution in [0.25, 0.3) is 16.0 Å². The molecule has 6 rings (SSSR count). The predicted octanol–water partition coefficient (Wildman–Crippen LogP) is 5.36. The topological polar surface area (TPSA) is 107 Å². The highest BCUT2D eigenvalue weighted by atomic mass is 35.5. The normalized spacial score (nSPS) is 18.0. The van der Waals surface area contributed by atoms with Crippen molar-refractivity contribution >= 4 is 55.7 Å². The molecule has 4 aromatic rings. The zero-order chi connectivity index (χ0) is 27.3. The first kappa shape index (κ1) is 25.0. The number of halogens is 1. The van der Waals surface area contributed by atoms with Crippen LogP contribution in [0.4, 0.5) is 5.13 Å². The van der Waals surface area contributed by atoms with Gasteiger partial charge < -0.3 is 24.1 Å². The number of aliphatic hydroxyl groups excluding tert-OH is 1. The van der Waals surface area contributed by atoms with E-state index in [0.717, 1.165) is 4.70 Å². The summed E-state index contributed by atoms with van der Waals surface area (Å²) in [5, 5.41) is 12.3. The number of aliphatic hydroxyl groups is 1. The molecule has 9 nitrogen and oxygen atoms in total. The highest BCUT2D eigenvalue weighted by molar-refractivity contribution is 7.22. The fourth-order valence-electron chi connectivity index (χ4n) is 4.70. The third-order valence-electron chi connectivity index (χ3n) is 6.53. The van der Waals surface area contributed by atoms with Crippen LogP contribution in [0.5, 0.6) is 23.0 Å². The minimum absolute atomic E-state index is 0.0961. The Morgan fingerprint density at radius 2 is 1.77 bits per heavy atom. The number of amides is 1. The van der Waals surface area contributed by atoms with E-state index < -0.39 is 17.7 Å². The number of carbonyl (C=O) groups excluding carboxylic acids is 2. The molecule has 1 saturated heterocycles. The van der Waals surface area contributed by atoms with Crippen molar-refractivity contribution in [3.63, 3.8) is 0 Å². The largest absolute Gasteiger partial charge is 0.507 e. The Morgan fingerprint density at radius 3 is 2.54 bits per heavy atom. The molecule has 0 bridgehead atoms. The zero-order valence-corrected chi connectivity index (χ0v) is 22.3. The number of benzene rings is 3. The monoisotopic (exact) mass is 564 g/mol. The lowest BCUT2D eigenvalue weighted by atomic mass is 9.95. The van der Waals surface area contributed by atoms with Gasteiger partial charge in [-0.05, 0) is 54.1 Å². The lowest BCUT2D eigenvalue weighted by molar-refractivity contribution is -0.132. The van der Waals surface area contributed by atoms with E-state index in [2.05, 4.69) is 4.98 Å². The summed E-state index contributed by atoms with van der Waals surface area (Å²) in [6, 6.07) is 14.1. The van der Waals surface area contributed by atoms with Gasteiger partial charge in [0.05, 0.1) is 36.1 Å². The average molecular weight is 565 g/mol. The highest BCUT2D eigenvalue weighted by Crippen LogP contribution is 2.46. The summed E-state index contributed by atoms with van der Waals surface area (Å²) in [5.74, 6) is -0.181. The van der Waals surface area contributed by atoms with Gasteiger partial charge in [0, 0.05) is 10.6 Å². The van der Waals surface area contributed by atoms with Crippen LogP contribution in [0, 0.1) is 0 Å². The van der Waals surface area contributed by atoms with Crippen LogP contribution in [-0.2, 0) is 9.59 Å². The molecule has 3 aromatic carbocycles. The Hall–Kier alpha value is -4.28. The van der Waals surface area contributed by atoms with Crippen molar-refractivity contribution in [2.75, 3.05) is 32.3 Å². The minimum atomic E-state index is -1.01. The van der Waals surface area contributed by atoms with Crippen molar-refractivity contribution in [3.8, 4) is 23.0 Å². The first-order valence-corrected chi connectivity index (χ1v) is 13.1. The van der Waals surface area contributed by atoms with E-state index in [1.807, 2.05) is 0 Å². The minimum Gasteiger partial charge on any atom is -0.507 e. The van der Waals surface area contributed by atoms with E-state index >= 15 is 0 Å². The maximum Gasteiger partial charge on any atom is 0.301 e. The number of methoxy groups -OCH3 is 2.